The fourth-order valence-corrected chi connectivity index (χ4v) is 1.87. The zero-order chi connectivity index (χ0) is 15.1. The highest BCUT2D eigenvalue weighted by atomic mass is 19.4. The monoisotopic (exact) mass is 275 g/mol. The highest BCUT2D eigenvalue weighted by Gasteiger charge is 2.55. The van der Waals surface area contributed by atoms with Crippen molar-refractivity contribution < 1.29 is 17.9 Å². The number of hydrogen-bond donors (Lipinski definition) is 1. The maximum Gasteiger partial charge on any atom is 0.421 e. The molecule has 0 saturated carbocycles. The van der Waals surface area contributed by atoms with Crippen LogP contribution in [-0.2, 0) is 10.3 Å². The predicted molar refractivity (Wildman–Crippen MR) is 69.8 cm³/mol. The van der Waals surface area contributed by atoms with Gasteiger partial charge in [-0.1, -0.05) is 12.1 Å². The van der Waals surface area contributed by atoms with Crippen molar-refractivity contribution in [3.8, 4) is 0 Å². The topological polar surface area (TPSA) is 35.2 Å². The van der Waals surface area contributed by atoms with Gasteiger partial charge in [0.05, 0.1) is 5.60 Å². The van der Waals surface area contributed by atoms with Crippen molar-refractivity contribution in [3.63, 3.8) is 0 Å². The molecule has 0 aromatic heterocycles. The average molecular weight is 275 g/mol. The van der Waals surface area contributed by atoms with E-state index >= 15 is 0 Å². The van der Waals surface area contributed by atoms with E-state index in [4.69, 9.17) is 10.5 Å². The molecule has 0 fully saturated rings. The standard InChI is InChI=1S/C14H20F3NO/c1-9-8-10(6-7-11(9)18)13(5,14(15,16)17)19-12(2,3)4/h6-8H,18H2,1-5H3. The lowest BCUT2D eigenvalue weighted by molar-refractivity contribution is -0.303. The van der Waals surface area contributed by atoms with E-state index in [-0.39, 0.29) is 5.56 Å². The van der Waals surface area contributed by atoms with E-state index in [2.05, 4.69) is 0 Å². The lowest BCUT2D eigenvalue weighted by Gasteiger charge is -2.38. The smallest absolute Gasteiger partial charge is 0.399 e. The van der Waals surface area contributed by atoms with Crippen molar-refractivity contribution in [3.05, 3.63) is 29.3 Å². The Balaban J connectivity index is 3.35. The molecule has 0 aliphatic rings. The number of rotatable bonds is 2. The van der Waals surface area contributed by atoms with Crippen molar-refractivity contribution >= 4 is 5.69 Å². The van der Waals surface area contributed by atoms with Gasteiger partial charge in [0.1, 0.15) is 0 Å². The minimum absolute atomic E-state index is 0.0571. The van der Waals surface area contributed by atoms with Crippen molar-refractivity contribution in [1.82, 2.24) is 0 Å². The Morgan fingerprint density at radius 1 is 1.05 bits per heavy atom. The van der Waals surface area contributed by atoms with E-state index in [1.165, 1.54) is 18.2 Å². The molecule has 19 heavy (non-hydrogen) atoms. The van der Waals surface area contributed by atoms with E-state index in [0.29, 0.717) is 11.3 Å². The molecule has 0 bridgehead atoms. The molecule has 1 aromatic carbocycles. The number of anilines is 1. The molecular formula is C14H20F3NO. The number of benzene rings is 1. The molecule has 0 radical (unpaired) electrons. The molecule has 0 heterocycles. The first-order chi connectivity index (χ1) is 8.37. The van der Waals surface area contributed by atoms with E-state index in [1.54, 1.807) is 27.7 Å². The van der Waals surface area contributed by atoms with Crippen LogP contribution >= 0.6 is 0 Å². The van der Waals surface area contributed by atoms with Gasteiger partial charge in [-0.15, -0.1) is 0 Å². The molecule has 5 heteroatoms. The van der Waals surface area contributed by atoms with Crippen molar-refractivity contribution in [2.24, 2.45) is 0 Å². The Bertz CT molecular complexity index is 463. The highest BCUT2D eigenvalue weighted by Crippen LogP contribution is 2.44. The quantitative estimate of drug-likeness (QED) is 0.822. The zero-order valence-corrected chi connectivity index (χ0v) is 11.9. The second-order valence-corrected chi connectivity index (χ2v) is 5.82. The maximum atomic E-state index is 13.4. The van der Waals surface area contributed by atoms with Crippen LogP contribution in [0.15, 0.2) is 18.2 Å². The number of alkyl halides is 3. The molecular weight excluding hydrogens is 255 g/mol. The second kappa shape index (κ2) is 4.71. The molecule has 0 amide bonds. The van der Waals surface area contributed by atoms with Crippen LogP contribution in [0.1, 0.15) is 38.8 Å². The van der Waals surface area contributed by atoms with Gasteiger partial charge in [-0.25, -0.2) is 0 Å². The van der Waals surface area contributed by atoms with E-state index in [0.717, 1.165) is 6.92 Å². The van der Waals surface area contributed by atoms with Crippen molar-refractivity contribution in [2.45, 2.75) is 52.0 Å². The van der Waals surface area contributed by atoms with Crippen LogP contribution in [0.2, 0.25) is 0 Å². The summed E-state index contributed by atoms with van der Waals surface area (Å²) in [6, 6.07) is 4.26. The van der Waals surface area contributed by atoms with Gasteiger partial charge in [-0.05, 0) is 51.8 Å². The SMILES string of the molecule is Cc1cc(C(C)(OC(C)(C)C)C(F)(F)F)ccc1N. The summed E-state index contributed by atoms with van der Waals surface area (Å²) in [6.45, 7) is 7.51. The van der Waals surface area contributed by atoms with E-state index in [1.807, 2.05) is 0 Å². The third-order valence-electron chi connectivity index (χ3n) is 2.87. The Labute approximate surface area is 111 Å². The third kappa shape index (κ3) is 3.41. The number of nitrogens with two attached hydrogens (primary N) is 1. The van der Waals surface area contributed by atoms with Crippen LogP contribution < -0.4 is 5.73 Å². The van der Waals surface area contributed by atoms with Gasteiger partial charge >= 0.3 is 6.18 Å². The molecule has 2 nitrogen and oxygen atoms in total. The minimum atomic E-state index is -4.51. The van der Waals surface area contributed by atoms with Crippen LogP contribution in [0.4, 0.5) is 18.9 Å². The summed E-state index contributed by atoms with van der Waals surface area (Å²) >= 11 is 0. The van der Waals surface area contributed by atoms with Gasteiger partial charge < -0.3 is 10.5 Å². The van der Waals surface area contributed by atoms with E-state index in [9.17, 15) is 13.2 Å². The van der Waals surface area contributed by atoms with E-state index < -0.39 is 17.4 Å². The van der Waals surface area contributed by atoms with Crippen LogP contribution in [-0.4, -0.2) is 11.8 Å². The Hall–Kier alpha value is -1.23. The number of nitrogen functional groups attached to an aromatic ring is 1. The Morgan fingerprint density at radius 2 is 1.58 bits per heavy atom. The second-order valence-electron chi connectivity index (χ2n) is 5.82. The maximum absolute atomic E-state index is 13.4. The van der Waals surface area contributed by atoms with Gasteiger partial charge in [0.2, 0.25) is 0 Å². The molecule has 1 atom stereocenters. The first-order valence-electron chi connectivity index (χ1n) is 6.00. The predicted octanol–water partition coefficient (Wildman–Crippen LogP) is 4.17. The number of aryl methyl sites for hydroxylation is 1. The van der Waals surface area contributed by atoms with Gasteiger partial charge in [0.15, 0.2) is 5.60 Å². The van der Waals surface area contributed by atoms with Gasteiger partial charge in [0, 0.05) is 5.69 Å². The summed E-state index contributed by atoms with van der Waals surface area (Å²) in [4.78, 5) is 0. The summed E-state index contributed by atoms with van der Waals surface area (Å²) < 4.78 is 45.5. The largest absolute Gasteiger partial charge is 0.421 e. The van der Waals surface area contributed by atoms with Crippen molar-refractivity contribution in [2.75, 3.05) is 5.73 Å². The highest BCUT2D eigenvalue weighted by molar-refractivity contribution is 5.49. The van der Waals surface area contributed by atoms with Gasteiger partial charge in [-0.3, -0.25) is 0 Å². The van der Waals surface area contributed by atoms with Crippen molar-refractivity contribution in [1.29, 1.82) is 0 Å². The minimum Gasteiger partial charge on any atom is -0.399 e. The molecule has 0 spiro atoms. The first kappa shape index (κ1) is 15.8. The summed E-state index contributed by atoms with van der Waals surface area (Å²) in [5, 5.41) is 0. The van der Waals surface area contributed by atoms with Gasteiger partial charge in [0.25, 0.3) is 0 Å². The number of ether oxygens (including phenoxy) is 1. The fraction of sp³-hybridized carbons (Fsp3) is 0.571. The number of hydrogen-bond acceptors (Lipinski definition) is 2. The zero-order valence-electron chi connectivity index (χ0n) is 11.9. The van der Waals surface area contributed by atoms with Crippen LogP contribution in [0.5, 0.6) is 0 Å². The molecule has 1 unspecified atom stereocenters. The molecule has 1 aromatic rings. The van der Waals surface area contributed by atoms with Crippen LogP contribution in [0, 0.1) is 6.92 Å². The lowest BCUT2D eigenvalue weighted by atomic mass is 9.92. The molecule has 2 N–H and O–H groups in total. The summed E-state index contributed by atoms with van der Waals surface area (Å²) in [5.41, 5.74) is 3.49. The summed E-state index contributed by atoms with van der Waals surface area (Å²) in [5.74, 6) is 0. The molecule has 0 aliphatic carbocycles. The molecule has 0 saturated heterocycles. The average Bonchev–Trinajstić information content (AvgIpc) is 2.17. The lowest BCUT2D eigenvalue weighted by Crippen LogP contribution is -2.46. The van der Waals surface area contributed by atoms with Gasteiger partial charge in [-0.2, -0.15) is 13.2 Å². The summed E-state index contributed by atoms with van der Waals surface area (Å²) in [7, 11) is 0. The molecule has 108 valence electrons. The van der Waals surface area contributed by atoms with Crippen LogP contribution in [0.3, 0.4) is 0 Å². The van der Waals surface area contributed by atoms with Crippen LogP contribution in [0.25, 0.3) is 0 Å². The first-order valence-corrected chi connectivity index (χ1v) is 6.00. The Morgan fingerprint density at radius 3 is 1.95 bits per heavy atom. The molecule has 1 rings (SSSR count). The summed E-state index contributed by atoms with van der Waals surface area (Å²) in [6.07, 6.45) is -4.51. The normalized spacial score (nSPS) is 16.2. The Kier molecular flexibility index (Phi) is 3.92. The third-order valence-corrected chi connectivity index (χ3v) is 2.87. The fourth-order valence-electron chi connectivity index (χ4n) is 1.87. The molecule has 0 aliphatic heterocycles. The number of halogens is 3.